The predicted octanol–water partition coefficient (Wildman–Crippen LogP) is 1.37. The maximum Gasteiger partial charge on any atom is 0.277 e. The van der Waals surface area contributed by atoms with Crippen molar-refractivity contribution in [2.45, 2.75) is 59.1 Å². The molecule has 2 aliphatic heterocycles. The van der Waals surface area contributed by atoms with Crippen molar-refractivity contribution in [1.29, 1.82) is 0 Å². The topological polar surface area (TPSA) is 106 Å². The van der Waals surface area contributed by atoms with Crippen LogP contribution in [0.3, 0.4) is 0 Å². The molecule has 0 bridgehead atoms. The van der Waals surface area contributed by atoms with E-state index in [2.05, 4.69) is 40.5 Å². The number of imidazole rings is 1. The van der Waals surface area contributed by atoms with Crippen LogP contribution in [0.5, 0.6) is 0 Å². The van der Waals surface area contributed by atoms with Crippen molar-refractivity contribution in [3.63, 3.8) is 0 Å². The summed E-state index contributed by atoms with van der Waals surface area (Å²) >= 11 is 0. The van der Waals surface area contributed by atoms with E-state index in [-0.39, 0.29) is 24.3 Å². The number of piperazine rings is 1. The van der Waals surface area contributed by atoms with E-state index in [1.165, 1.54) is 6.92 Å². The maximum absolute atomic E-state index is 12.6. The van der Waals surface area contributed by atoms with Gasteiger partial charge < -0.3 is 19.4 Å². The molecule has 0 radical (unpaired) electrons. The number of morpholine rings is 1. The highest BCUT2D eigenvalue weighted by atomic mass is 16.5. The first-order chi connectivity index (χ1) is 16.3. The van der Waals surface area contributed by atoms with Crippen molar-refractivity contribution < 1.29 is 23.9 Å². The van der Waals surface area contributed by atoms with E-state index in [9.17, 15) is 14.4 Å². The number of imide groups is 1. The Morgan fingerprint density at radius 1 is 1.35 bits per heavy atom. The summed E-state index contributed by atoms with van der Waals surface area (Å²) in [5.74, 6) is -1.20. The van der Waals surface area contributed by atoms with Gasteiger partial charge in [0.05, 0.1) is 31.3 Å². The molecule has 3 rings (SSSR count). The van der Waals surface area contributed by atoms with E-state index in [4.69, 9.17) is 9.47 Å². The molecule has 2 fully saturated rings. The molecule has 1 N–H and O–H groups in total. The Labute approximate surface area is 201 Å². The molecule has 1 atom stereocenters. The third kappa shape index (κ3) is 6.74. The lowest BCUT2D eigenvalue weighted by Crippen LogP contribution is -2.51. The number of amides is 3. The Morgan fingerprint density at radius 3 is 2.85 bits per heavy atom. The molecule has 3 heterocycles. The molecule has 2 aliphatic rings. The Morgan fingerprint density at radius 2 is 2.15 bits per heavy atom. The van der Waals surface area contributed by atoms with E-state index in [0.717, 1.165) is 62.8 Å². The average Bonchev–Trinajstić information content (AvgIpc) is 3.19. The molecule has 34 heavy (non-hydrogen) atoms. The summed E-state index contributed by atoms with van der Waals surface area (Å²) in [6.07, 6.45) is 5.43. The number of hydrogen-bond acceptors (Lipinski definition) is 7. The van der Waals surface area contributed by atoms with Crippen molar-refractivity contribution in [2.75, 3.05) is 46.0 Å². The number of hydrogen-bond donors (Lipinski definition) is 1. The smallest absolute Gasteiger partial charge is 0.277 e. The van der Waals surface area contributed by atoms with Crippen LogP contribution in [0.25, 0.3) is 6.08 Å². The summed E-state index contributed by atoms with van der Waals surface area (Å²) in [6.45, 7) is 12.9. The molecule has 0 aliphatic carbocycles. The number of aromatic nitrogens is 2. The minimum Gasteiger partial charge on any atom is -0.379 e. The highest BCUT2D eigenvalue weighted by Crippen LogP contribution is 2.22. The van der Waals surface area contributed by atoms with Crippen LogP contribution in [0.15, 0.2) is 12.0 Å². The normalized spacial score (nSPS) is 20.9. The van der Waals surface area contributed by atoms with E-state index in [0.29, 0.717) is 12.3 Å². The highest BCUT2D eigenvalue weighted by molar-refractivity contribution is 6.12. The fourth-order valence-corrected chi connectivity index (χ4v) is 4.33. The zero-order chi connectivity index (χ0) is 24.7. The molecule has 10 nitrogen and oxygen atoms in total. The number of ether oxygens (including phenoxy) is 2. The molecule has 3 amide bonds. The van der Waals surface area contributed by atoms with Gasteiger partial charge in [0.15, 0.2) is 0 Å². The van der Waals surface area contributed by atoms with Crippen molar-refractivity contribution in [3.8, 4) is 0 Å². The molecule has 0 spiro atoms. The van der Waals surface area contributed by atoms with Crippen LogP contribution < -0.4 is 5.32 Å². The van der Waals surface area contributed by atoms with Gasteiger partial charge in [0, 0.05) is 45.4 Å². The second kappa shape index (κ2) is 12.2. The third-order valence-corrected chi connectivity index (χ3v) is 5.92. The van der Waals surface area contributed by atoms with Gasteiger partial charge in [0.2, 0.25) is 11.8 Å². The summed E-state index contributed by atoms with van der Waals surface area (Å²) in [7, 11) is 0. The molecule has 0 aromatic carbocycles. The average molecular weight is 476 g/mol. The van der Waals surface area contributed by atoms with Crippen molar-refractivity contribution in [2.24, 2.45) is 0 Å². The van der Waals surface area contributed by atoms with Gasteiger partial charge in [-0.25, -0.2) is 4.98 Å². The summed E-state index contributed by atoms with van der Waals surface area (Å²) in [4.78, 5) is 44.2. The van der Waals surface area contributed by atoms with Gasteiger partial charge in [-0.3, -0.25) is 24.2 Å². The van der Waals surface area contributed by atoms with Gasteiger partial charge in [-0.05, 0) is 24.8 Å². The summed E-state index contributed by atoms with van der Waals surface area (Å²) in [5.41, 5.74) is 1.69. The first kappa shape index (κ1) is 26.1. The van der Waals surface area contributed by atoms with E-state index in [1.807, 2.05) is 0 Å². The van der Waals surface area contributed by atoms with E-state index < -0.39 is 17.7 Å². The fourth-order valence-electron chi connectivity index (χ4n) is 4.33. The Kier molecular flexibility index (Phi) is 9.37. The fraction of sp³-hybridized carbons (Fsp3) is 0.667. The predicted molar refractivity (Wildman–Crippen MR) is 127 cm³/mol. The molecular formula is C24H37N5O5. The van der Waals surface area contributed by atoms with Gasteiger partial charge in [0.1, 0.15) is 12.2 Å². The number of rotatable bonds is 10. The standard InChI is InChI=1S/C24H37N5O5/c1-5-10-33-15-19-13-27(9-11-34-19)7-6-8-28-16-25-20(23(28)17(2)3)12-21-24(32)29(18(4)30)14-22(31)26-21/h12,16-17,19H,5-11,13-15H2,1-4H3,(H,26,31)/b21-12-. The molecule has 1 aromatic rings. The minimum atomic E-state index is -0.513. The van der Waals surface area contributed by atoms with Crippen LogP contribution in [0.4, 0.5) is 0 Å². The van der Waals surface area contributed by atoms with E-state index in [1.54, 1.807) is 12.4 Å². The summed E-state index contributed by atoms with van der Waals surface area (Å²) in [6, 6.07) is 0. The molecule has 0 saturated carbocycles. The minimum absolute atomic E-state index is 0.0725. The summed E-state index contributed by atoms with van der Waals surface area (Å²) in [5, 5.41) is 2.58. The Hall–Kier alpha value is -2.56. The number of carbonyl (C=O) groups excluding carboxylic acids is 3. The van der Waals surface area contributed by atoms with Gasteiger partial charge in [0.25, 0.3) is 5.91 Å². The molecule has 1 aromatic heterocycles. The van der Waals surface area contributed by atoms with Crippen LogP contribution in [0.1, 0.15) is 57.8 Å². The first-order valence-corrected chi connectivity index (χ1v) is 12.1. The Balaban J connectivity index is 1.63. The highest BCUT2D eigenvalue weighted by Gasteiger charge is 2.31. The molecule has 2 saturated heterocycles. The monoisotopic (exact) mass is 475 g/mol. The van der Waals surface area contributed by atoms with Crippen molar-refractivity contribution in [3.05, 3.63) is 23.4 Å². The SMILES string of the molecule is CCCOCC1CN(CCCn2cnc(/C=C3\NC(=O)CN(C(C)=O)C3=O)c2C(C)C)CCO1. The molecule has 10 heteroatoms. The van der Waals surface area contributed by atoms with Gasteiger partial charge in [-0.2, -0.15) is 0 Å². The third-order valence-electron chi connectivity index (χ3n) is 5.92. The second-order valence-corrected chi connectivity index (χ2v) is 9.10. The molecule has 1 unspecified atom stereocenters. The molecule has 188 valence electrons. The van der Waals surface area contributed by atoms with Gasteiger partial charge in [-0.15, -0.1) is 0 Å². The number of nitrogens with zero attached hydrogens (tertiary/aromatic N) is 4. The van der Waals surface area contributed by atoms with Crippen LogP contribution in [-0.2, 0) is 30.4 Å². The Bertz CT molecular complexity index is 910. The van der Waals surface area contributed by atoms with Crippen LogP contribution in [-0.4, -0.2) is 89.2 Å². The number of aryl methyl sites for hydroxylation is 1. The lowest BCUT2D eigenvalue weighted by Gasteiger charge is -2.32. The van der Waals surface area contributed by atoms with Crippen molar-refractivity contribution in [1.82, 2.24) is 24.7 Å². The second-order valence-electron chi connectivity index (χ2n) is 9.10. The van der Waals surface area contributed by atoms with Crippen molar-refractivity contribution >= 4 is 23.8 Å². The van der Waals surface area contributed by atoms with Gasteiger partial charge >= 0.3 is 0 Å². The zero-order valence-electron chi connectivity index (χ0n) is 20.7. The maximum atomic E-state index is 12.6. The van der Waals surface area contributed by atoms with Gasteiger partial charge in [-0.1, -0.05) is 20.8 Å². The summed E-state index contributed by atoms with van der Waals surface area (Å²) < 4.78 is 13.6. The zero-order valence-corrected chi connectivity index (χ0v) is 20.7. The number of nitrogens with one attached hydrogen (secondary N) is 1. The quantitative estimate of drug-likeness (QED) is 0.402. The lowest BCUT2D eigenvalue weighted by molar-refractivity contribution is -0.147. The first-order valence-electron chi connectivity index (χ1n) is 12.1. The largest absolute Gasteiger partial charge is 0.379 e. The number of carbonyl (C=O) groups is 3. The molecular weight excluding hydrogens is 438 g/mol. The van der Waals surface area contributed by atoms with Crippen LogP contribution >= 0.6 is 0 Å². The van der Waals surface area contributed by atoms with E-state index >= 15 is 0 Å². The van der Waals surface area contributed by atoms with Crippen LogP contribution in [0.2, 0.25) is 0 Å². The van der Waals surface area contributed by atoms with Crippen LogP contribution in [0, 0.1) is 0 Å². The lowest BCUT2D eigenvalue weighted by atomic mass is 10.1.